The Morgan fingerprint density at radius 3 is 2.56 bits per heavy atom. The zero-order valence-electron chi connectivity index (χ0n) is 17.3. The predicted octanol–water partition coefficient (Wildman–Crippen LogP) is 3.69. The highest BCUT2D eigenvalue weighted by molar-refractivity contribution is 7.91. The molecule has 2 aromatic carbocycles. The Bertz CT molecular complexity index is 1650. The van der Waals surface area contributed by atoms with Crippen LogP contribution in [0.25, 0.3) is 21.9 Å². The lowest BCUT2D eigenvalue weighted by Gasteiger charge is -2.11. The molecule has 2 N–H and O–H groups in total. The number of fused-ring (bicyclic) bond motifs is 2. The van der Waals surface area contributed by atoms with Crippen LogP contribution < -0.4 is 10.9 Å². The van der Waals surface area contributed by atoms with E-state index < -0.39 is 15.4 Å². The zero-order chi connectivity index (χ0) is 22.5. The number of nitrogens with one attached hydrogen (secondary N) is 2. The van der Waals surface area contributed by atoms with Gasteiger partial charge in [0.2, 0.25) is 15.8 Å². The quantitative estimate of drug-likeness (QED) is 0.437. The maximum atomic E-state index is 13.1. The minimum Gasteiger partial charge on any atom is -0.361 e. The van der Waals surface area contributed by atoms with Crippen LogP contribution in [-0.2, 0) is 16.9 Å². The highest BCUT2D eigenvalue weighted by Gasteiger charge is 2.23. The minimum atomic E-state index is -3.98. The predicted molar refractivity (Wildman–Crippen MR) is 123 cm³/mol. The molecule has 32 heavy (non-hydrogen) atoms. The Kier molecular flexibility index (Phi) is 4.56. The van der Waals surface area contributed by atoms with E-state index in [0.717, 1.165) is 22.2 Å². The third-order valence-corrected chi connectivity index (χ3v) is 7.11. The summed E-state index contributed by atoms with van der Waals surface area (Å²) < 4.78 is 27.4. The van der Waals surface area contributed by atoms with E-state index in [4.69, 9.17) is 0 Å². The van der Waals surface area contributed by atoms with Crippen molar-refractivity contribution >= 4 is 43.4 Å². The van der Waals surface area contributed by atoms with Crippen molar-refractivity contribution in [1.82, 2.24) is 19.5 Å². The number of hydrogen-bond donors (Lipinski definition) is 2. The molecule has 3 aromatic heterocycles. The number of rotatable bonds is 4. The van der Waals surface area contributed by atoms with Gasteiger partial charge in [0, 0.05) is 41.4 Å². The van der Waals surface area contributed by atoms with Crippen molar-refractivity contribution in [1.29, 1.82) is 0 Å². The number of nitrogens with zero attached hydrogens (tertiary/aromatic N) is 3. The summed E-state index contributed by atoms with van der Waals surface area (Å²) in [6, 6.07) is 15.5. The number of aromatic amines is 1. The Hall–Kier alpha value is -3.98. The lowest BCUT2D eigenvalue weighted by atomic mass is 10.2. The number of aryl methyl sites for hydroxylation is 2. The van der Waals surface area contributed by atoms with Crippen molar-refractivity contribution in [3.63, 3.8) is 0 Å². The molecule has 8 nitrogen and oxygen atoms in total. The number of aromatic nitrogens is 4. The van der Waals surface area contributed by atoms with Gasteiger partial charge < -0.3 is 10.3 Å². The van der Waals surface area contributed by atoms with E-state index in [-0.39, 0.29) is 9.79 Å². The van der Waals surface area contributed by atoms with Gasteiger partial charge in [-0.1, -0.05) is 17.7 Å². The molecule has 0 spiro atoms. The molecule has 0 bridgehead atoms. The fraction of sp³-hybridized carbons (Fsp3) is 0.0870. The first-order valence-electron chi connectivity index (χ1n) is 9.86. The molecule has 0 aliphatic rings. The zero-order valence-corrected chi connectivity index (χ0v) is 18.1. The maximum absolute atomic E-state index is 13.1. The molecule has 0 atom stereocenters. The average molecular weight is 446 g/mol. The topological polar surface area (TPSA) is 110 Å². The lowest BCUT2D eigenvalue weighted by molar-refractivity contribution is 0.593. The number of hydrogen-bond acceptors (Lipinski definition) is 6. The third kappa shape index (κ3) is 3.32. The number of sulfone groups is 1. The molecule has 0 saturated heterocycles. The van der Waals surface area contributed by atoms with Gasteiger partial charge in [-0.25, -0.2) is 13.4 Å². The molecule has 3 heterocycles. The summed E-state index contributed by atoms with van der Waals surface area (Å²) in [6.45, 7) is 1.87. The lowest BCUT2D eigenvalue weighted by Crippen LogP contribution is -2.25. The fourth-order valence-corrected chi connectivity index (χ4v) is 4.97. The van der Waals surface area contributed by atoms with Crippen LogP contribution in [0.5, 0.6) is 0 Å². The van der Waals surface area contributed by atoms with Crippen LogP contribution in [0.2, 0.25) is 0 Å². The first-order valence-corrected chi connectivity index (χ1v) is 11.3. The van der Waals surface area contributed by atoms with Crippen LogP contribution in [0, 0.1) is 6.92 Å². The van der Waals surface area contributed by atoms with E-state index in [1.54, 1.807) is 12.1 Å². The van der Waals surface area contributed by atoms with Gasteiger partial charge in [0.15, 0.2) is 0 Å². The summed E-state index contributed by atoms with van der Waals surface area (Å²) in [4.78, 5) is 24.6. The first kappa shape index (κ1) is 20.0. The van der Waals surface area contributed by atoms with Gasteiger partial charge in [-0.15, -0.1) is 0 Å². The van der Waals surface area contributed by atoms with Gasteiger partial charge in [0.05, 0.1) is 4.90 Å². The van der Waals surface area contributed by atoms with E-state index in [2.05, 4.69) is 20.3 Å². The van der Waals surface area contributed by atoms with Crippen LogP contribution in [0.4, 0.5) is 11.6 Å². The molecule has 5 rings (SSSR count). The molecule has 0 unspecified atom stereocenters. The van der Waals surface area contributed by atoms with Gasteiger partial charge in [-0.3, -0.25) is 9.36 Å². The molecule has 0 fully saturated rings. The first-order chi connectivity index (χ1) is 15.3. The maximum Gasteiger partial charge on any atom is 0.271 e. The molecule has 0 aliphatic heterocycles. The molecular weight excluding hydrogens is 426 g/mol. The Balaban J connectivity index is 1.57. The summed E-state index contributed by atoms with van der Waals surface area (Å²) in [5, 5.41) is 4.62. The largest absolute Gasteiger partial charge is 0.361 e. The average Bonchev–Trinajstić information content (AvgIpc) is 3.24. The second kappa shape index (κ2) is 7.31. The van der Waals surface area contributed by atoms with Gasteiger partial charge >= 0.3 is 0 Å². The van der Waals surface area contributed by atoms with Crippen LogP contribution in [0.3, 0.4) is 0 Å². The second-order valence-electron chi connectivity index (χ2n) is 7.57. The summed E-state index contributed by atoms with van der Waals surface area (Å²) in [5.41, 5.74) is 2.42. The summed E-state index contributed by atoms with van der Waals surface area (Å²) in [7, 11) is -2.48. The monoisotopic (exact) mass is 445 g/mol. The number of anilines is 2. The van der Waals surface area contributed by atoms with Crippen LogP contribution in [0.15, 0.2) is 81.6 Å². The van der Waals surface area contributed by atoms with E-state index in [1.807, 2.05) is 37.4 Å². The van der Waals surface area contributed by atoms with Crippen LogP contribution >= 0.6 is 0 Å². The van der Waals surface area contributed by atoms with Crippen molar-refractivity contribution in [2.45, 2.75) is 16.7 Å². The number of H-pyrrole nitrogens is 1. The van der Waals surface area contributed by atoms with Crippen LogP contribution in [-0.4, -0.2) is 27.9 Å². The van der Waals surface area contributed by atoms with Gasteiger partial charge in [0.25, 0.3) is 5.56 Å². The molecule has 5 aromatic rings. The Labute approximate surface area is 183 Å². The van der Waals surface area contributed by atoms with Crippen molar-refractivity contribution in [2.24, 2.45) is 7.05 Å². The van der Waals surface area contributed by atoms with Crippen molar-refractivity contribution in [3.8, 4) is 0 Å². The van der Waals surface area contributed by atoms with Gasteiger partial charge in [-0.2, -0.15) is 4.98 Å². The molecule has 0 aliphatic carbocycles. The smallest absolute Gasteiger partial charge is 0.271 e. The van der Waals surface area contributed by atoms with E-state index in [0.29, 0.717) is 17.0 Å². The molecule has 0 saturated carbocycles. The normalized spacial score (nSPS) is 11.8. The van der Waals surface area contributed by atoms with E-state index >= 15 is 0 Å². The van der Waals surface area contributed by atoms with Gasteiger partial charge in [-0.05, 0) is 49.4 Å². The standard InChI is InChI=1S/C23H19N5O3S/c1-14-3-6-18(7-4-14)32(30,31)20-12-16-13-25-23(27-21(16)28(2)22(20)29)26-17-5-8-19-15(11-17)9-10-24-19/h3-13,24H,1-2H3,(H,25,26,27). The molecule has 9 heteroatoms. The number of pyridine rings is 1. The van der Waals surface area contributed by atoms with E-state index in [9.17, 15) is 13.2 Å². The van der Waals surface area contributed by atoms with Crippen molar-refractivity contribution in [3.05, 3.63) is 82.9 Å². The second-order valence-corrected chi connectivity index (χ2v) is 9.48. The highest BCUT2D eigenvalue weighted by atomic mass is 32.2. The molecule has 0 radical (unpaired) electrons. The Morgan fingerprint density at radius 1 is 1.00 bits per heavy atom. The number of benzene rings is 2. The SMILES string of the molecule is Cc1ccc(S(=O)(=O)c2cc3cnc(Nc4ccc5[nH]ccc5c4)nc3n(C)c2=O)cc1. The van der Waals surface area contributed by atoms with E-state index in [1.165, 1.54) is 36.0 Å². The summed E-state index contributed by atoms with van der Waals surface area (Å²) in [5.74, 6) is 0.302. The Morgan fingerprint density at radius 2 is 1.78 bits per heavy atom. The van der Waals surface area contributed by atoms with Crippen molar-refractivity contribution in [2.75, 3.05) is 5.32 Å². The van der Waals surface area contributed by atoms with Crippen LogP contribution in [0.1, 0.15) is 5.56 Å². The van der Waals surface area contributed by atoms with Crippen molar-refractivity contribution < 1.29 is 8.42 Å². The molecule has 160 valence electrons. The minimum absolute atomic E-state index is 0.0684. The highest BCUT2D eigenvalue weighted by Crippen LogP contribution is 2.23. The third-order valence-electron chi connectivity index (χ3n) is 5.35. The molecular formula is C23H19N5O3S. The summed E-state index contributed by atoms with van der Waals surface area (Å²) >= 11 is 0. The summed E-state index contributed by atoms with van der Waals surface area (Å²) in [6.07, 6.45) is 3.37. The van der Waals surface area contributed by atoms with Gasteiger partial charge in [0.1, 0.15) is 10.5 Å². The molecule has 0 amide bonds. The fourth-order valence-electron chi connectivity index (χ4n) is 3.57.